The Balaban J connectivity index is 2.71. The Morgan fingerprint density at radius 3 is 2.33 bits per heavy atom. The van der Waals surface area contributed by atoms with Gasteiger partial charge >= 0.3 is 0 Å². The molecule has 0 aromatic rings. The van der Waals surface area contributed by atoms with E-state index in [4.69, 9.17) is 0 Å². The first-order valence-corrected chi connectivity index (χ1v) is 9.00. The molecule has 1 aliphatic rings. The third kappa shape index (κ3) is 5.96. The zero-order valence-corrected chi connectivity index (χ0v) is 14.6. The summed E-state index contributed by atoms with van der Waals surface area (Å²) in [4.78, 5) is 2.67. The van der Waals surface area contributed by atoms with E-state index in [1.54, 1.807) is 0 Å². The number of nitriles is 1. The Morgan fingerprint density at radius 1 is 1.24 bits per heavy atom. The summed E-state index contributed by atoms with van der Waals surface area (Å²) in [6.45, 7) is 11.2. The fraction of sp³-hybridized carbons (Fsp3) is 0.944. The fourth-order valence-electron chi connectivity index (χ4n) is 3.57. The molecule has 0 aliphatic heterocycles. The standard InChI is InChI=1S/C18H35N3/c1-5-7-12-21(13-8-6-2)17-10-9-11-18(14-17,15-19)20-16(3)4/h16-17,20H,5-14H2,1-4H3. The van der Waals surface area contributed by atoms with Crippen molar-refractivity contribution in [3.63, 3.8) is 0 Å². The summed E-state index contributed by atoms with van der Waals surface area (Å²) in [5.74, 6) is 0. The summed E-state index contributed by atoms with van der Waals surface area (Å²) < 4.78 is 0. The van der Waals surface area contributed by atoms with Crippen molar-refractivity contribution in [1.82, 2.24) is 10.2 Å². The molecule has 0 aromatic heterocycles. The minimum absolute atomic E-state index is 0.298. The number of nitrogens with one attached hydrogen (secondary N) is 1. The molecule has 1 fully saturated rings. The van der Waals surface area contributed by atoms with Crippen molar-refractivity contribution >= 4 is 0 Å². The van der Waals surface area contributed by atoms with Gasteiger partial charge < -0.3 is 4.90 Å². The highest BCUT2D eigenvalue weighted by Crippen LogP contribution is 2.31. The predicted octanol–water partition coefficient (Wildman–Crippen LogP) is 4.09. The molecule has 0 bridgehead atoms. The largest absolute Gasteiger partial charge is 0.300 e. The van der Waals surface area contributed by atoms with Gasteiger partial charge in [-0.1, -0.05) is 26.7 Å². The van der Waals surface area contributed by atoms with Gasteiger partial charge in [0.1, 0.15) is 5.54 Å². The molecule has 3 nitrogen and oxygen atoms in total. The maximum atomic E-state index is 9.71. The molecule has 122 valence electrons. The molecule has 0 aromatic carbocycles. The highest BCUT2D eigenvalue weighted by molar-refractivity contribution is 5.11. The van der Waals surface area contributed by atoms with Crippen molar-refractivity contribution in [2.24, 2.45) is 0 Å². The van der Waals surface area contributed by atoms with E-state index in [1.165, 1.54) is 51.6 Å². The fourth-order valence-corrected chi connectivity index (χ4v) is 3.57. The second-order valence-electron chi connectivity index (χ2n) is 6.99. The zero-order chi connectivity index (χ0) is 15.7. The van der Waals surface area contributed by atoms with E-state index in [1.807, 2.05) is 0 Å². The van der Waals surface area contributed by atoms with E-state index in [2.05, 4.69) is 44.0 Å². The number of hydrogen-bond acceptors (Lipinski definition) is 3. The monoisotopic (exact) mass is 293 g/mol. The molecule has 3 heteroatoms. The maximum absolute atomic E-state index is 9.71. The molecule has 2 atom stereocenters. The Kier molecular flexibility index (Phi) is 8.29. The van der Waals surface area contributed by atoms with Crippen LogP contribution in [0.5, 0.6) is 0 Å². The van der Waals surface area contributed by atoms with Gasteiger partial charge in [0.05, 0.1) is 6.07 Å². The molecule has 0 radical (unpaired) electrons. The maximum Gasteiger partial charge on any atom is 0.108 e. The molecular formula is C18H35N3. The first-order valence-electron chi connectivity index (χ1n) is 9.00. The van der Waals surface area contributed by atoms with Gasteiger partial charge in [0.2, 0.25) is 0 Å². The first-order chi connectivity index (χ1) is 10.1. The van der Waals surface area contributed by atoms with Crippen molar-refractivity contribution in [2.75, 3.05) is 13.1 Å². The molecule has 21 heavy (non-hydrogen) atoms. The van der Waals surface area contributed by atoms with E-state index < -0.39 is 0 Å². The van der Waals surface area contributed by atoms with Crippen LogP contribution in [0.4, 0.5) is 0 Å². The normalized spacial score (nSPS) is 26.2. The quantitative estimate of drug-likeness (QED) is 0.696. The predicted molar refractivity (Wildman–Crippen MR) is 90.3 cm³/mol. The van der Waals surface area contributed by atoms with E-state index in [0.29, 0.717) is 12.1 Å². The van der Waals surface area contributed by atoms with Gasteiger partial charge in [-0.15, -0.1) is 0 Å². The molecule has 0 saturated heterocycles. The molecular weight excluding hydrogens is 258 g/mol. The van der Waals surface area contributed by atoms with E-state index in [9.17, 15) is 5.26 Å². The number of nitrogens with zero attached hydrogens (tertiary/aromatic N) is 2. The van der Waals surface area contributed by atoms with Gasteiger partial charge in [0, 0.05) is 12.1 Å². The molecule has 1 N–H and O–H groups in total. The molecule has 2 unspecified atom stereocenters. The van der Waals surface area contributed by atoms with Gasteiger partial charge in [0.25, 0.3) is 0 Å². The number of rotatable bonds is 9. The molecule has 0 heterocycles. The Bertz CT molecular complexity index is 313. The van der Waals surface area contributed by atoms with Crippen LogP contribution in [0, 0.1) is 11.3 Å². The smallest absolute Gasteiger partial charge is 0.108 e. The second-order valence-corrected chi connectivity index (χ2v) is 6.99. The van der Waals surface area contributed by atoms with Crippen molar-refractivity contribution in [3.8, 4) is 6.07 Å². The van der Waals surface area contributed by atoms with Crippen molar-refractivity contribution < 1.29 is 0 Å². The van der Waals surface area contributed by atoms with Crippen LogP contribution in [-0.4, -0.2) is 35.6 Å². The second kappa shape index (κ2) is 9.43. The SMILES string of the molecule is CCCCN(CCCC)C1CCCC(C#N)(NC(C)C)C1. The van der Waals surface area contributed by atoms with Crippen LogP contribution in [0.2, 0.25) is 0 Å². The van der Waals surface area contributed by atoms with Crippen LogP contribution < -0.4 is 5.32 Å². The first kappa shape index (κ1) is 18.5. The lowest BCUT2D eigenvalue weighted by Crippen LogP contribution is -2.55. The molecule has 0 spiro atoms. The van der Waals surface area contributed by atoms with Crippen molar-refractivity contribution in [3.05, 3.63) is 0 Å². The summed E-state index contributed by atoms with van der Waals surface area (Å²) in [6.07, 6.45) is 9.49. The summed E-state index contributed by atoms with van der Waals surface area (Å²) in [6, 6.07) is 3.57. The molecule has 0 amide bonds. The van der Waals surface area contributed by atoms with E-state index >= 15 is 0 Å². The van der Waals surface area contributed by atoms with Crippen LogP contribution in [0.15, 0.2) is 0 Å². The van der Waals surface area contributed by atoms with E-state index in [0.717, 1.165) is 12.8 Å². The number of unbranched alkanes of at least 4 members (excludes halogenated alkanes) is 2. The topological polar surface area (TPSA) is 39.1 Å². The third-order valence-corrected chi connectivity index (χ3v) is 4.62. The third-order valence-electron chi connectivity index (χ3n) is 4.62. The molecule has 1 aliphatic carbocycles. The Labute approximate surface area is 132 Å². The van der Waals surface area contributed by atoms with Crippen molar-refractivity contribution in [1.29, 1.82) is 5.26 Å². The minimum Gasteiger partial charge on any atom is -0.300 e. The average molecular weight is 293 g/mol. The van der Waals surface area contributed by atoms with Crippen LogP contribution in [0.1, 0.15) is 79.1 Å². The summed E-state index contributed by atoms with van der Waals surface area (Å²) in [7, 11) is 0. The van der Waals surface area contributed by atoms with Crippen LogP contribution in [-0.2, 0) is 0 Å². The van der Waals surface area contributed by atoms with Crippen LogP contribution >= 0.6 is 0 Å². The lowest BCUT2D eigenvalue weighted by Gasteiger charge is -2.42. The minimum atomic E-state index is -0.298. The summed E-state index contributed by atoms with van der Waals surface area (Å²) in [5.41, 5.74) is -0.298. The average Bonchev–Trinajstić information content (AvgIpc) is 2.47. The highest BCUT2D eigenvalue weighted by Gasteiger charge is 2.38. The highest BCUT2D eigenvalue weighted by atomic mass is 15.2. The van der Waals surface area contributed by atoms with Gasteiger partial charge in [-0.25, -0.2) is 0 Å². The zero-order valence-electron chi connectivity index (χ0n) is 14.6. The molecule has 1 saturated carbocycles. The van der Waals surface area contributed by atoms with Crippen LogP contribution in [0.3, 0.4) is 0 Å². The van der Waals surface area contributed by atoms with Crippen LogP contribution in [0.25, 0.3) is 0 Å². The van der Waals surface area contributed by atoms with Crippen molar-refractivity contribution in [2.45, 2.75) is 96.7 Å². The van der Waals surface area contributed by atoms with Gasteiger partial charge in [-0.3, -0.25) is 5.32 Å². The van der Waals surface area contributed by atoms with Gasteiger partial charge in [-0.2, -0.15) is 5.26 Å². The summed E-state index contributed by atoms with van der Waals surface area (Å²) in [5, 5.41) is 13.3. The lowest BCUT2D eigenvalue weighted by atomic mass is 9.78. The van der Waals surface area contributed by atoms with E-state index in [-0.39, 0.29) is 5.54 Å². The molecule has 1 rings (SSSR count). The summed E-state index contributed by atoms with van der Waals surface area (Å²) >= 11 is 0. The Morgan fingerprint density at radius 2 is 1.86 bits per heavy atom. The number of hydrogen-bond donors (Lipinski definition) is 1. The van der Waals surface area contributed by atoms with Gasteiger partial charge in [0.15, 0.2) is 0 Å². The van der Waals surface area contributed by atoms with Gasteiger partial charge in [-0.05, 0) is 65.5 Å². The Hall–Kier alpha value is -0.590. The lowest BCUT2D eigenvalue weighted by molar-refractivity contribution is 0.113.